The summed E-state index contributed by atoms with van der Waals surface area (Å²) in [6.45, 7) is 1.70. The van der Waals surface area contributed by atoms with E-state index in [1.54, 1.807) is 6.92 Å². The highest BCUT2D eigenvalue weighted by molar-refractivity contribution is 5.70. The highest BCUT2D eigenvalue weighted by Gasteiger charge is 2.16. The molecule has 1 rings (SSSR count). The van der Waals surface area contributed by atoms with E-state index in [2.05, 4.69) is 0 Å². The number of ether oxygens (including phenoxy) is 1. The second-order valence-electron chi connectivity index (χ2n) is 2.88. The number of hydrogen-bond donors (Lipinski definition) is 0. The minimum Gasteiger partial charge on any atom is -0.431 e. The van der Waals surface area contributed by atoms with E-state index < -0.39 is 4.92 Å². The van der Waals surface area contributed by atoms with Gasteiger partial charge in [0.25, 0.3) is 0 Å². The average Bonchev–Trinajstić information content (AvgIpc) is 2.18. The topological polar surface area (TPSA) is 69.4 Å². The third-order valence-corrected chi connectivity index (χ3v) is 1.86. The molecule has 0 heterocycles. The van der Waals surface area contributed by atoms with E-state index in [0.29, 0.717) is 25.0 Å². The number of nitrogens with zero attached hydrogens (tertiary/aromatic N) is 1. The maximum atomic E-state index is 10.9. The molecule has 5 heteroatoms. The summed E-state index contributed by atoms with van der Waals surface area (Å²) in [4.78, 5) is 20.8. The van der Waals surface area contributed by atoms with E-state index in [9.17, 15) is 14.9 Å². The monoisotopic (exact) mass is 197 g/mol. The Bertz CT molecular complexity index is 317. The maximum Gasteiger partial charge on any atom is 0.310 e. The first-order valence-corrected chi connectivity index (χ1v) is 4.38. The van der Waals surface area contributed by atoms with Gasteiger partial charge in [0.2, 0.25) is 5.70 Å². The molecule has 5 nitrogen and oxygen atoms in total. The Morgan fingerprint density at radius 3 is 2.71 bits per heavy atom. The molecule has 0 radical (unpaired) electrons. The minimum absolute atomic E-state index is 0.154. The molecule has 0 spiro atoms. The number of carbonyl (C=O) groups is 1. The van der Waals surface area contributed by atoms with Crippen molar-refractivity contribution in [2.45, 2.75) is 26.2 Å². The highest BCUT2D eigenvalue weighted by atomic mass is 16.6. The lowest BCUT2D eigenvalue weighted by molar-refractivity contribution is -0.428. The Kier molecular flexibility index (Phi) is 3.39. The standard InChI is InChI=1S/C9H11NO4/c1-2-9(11)14-8-5-3-7(4-6-8)10(12)13/h3,5H,2,4,6H2,1H3. The molecule has 0 aromatic carbocycles. The van der Waals surface area contributed by atoms with E-state index in [1.807, 2.05) is 0 Å². The quantitative estimate of drug-likeness (QED) is 0.393. The summed E-state index contributed by atoms with van der Waals surface area (Å²) < 4.78 is 4.92. The summed E-state index contributed by atoms with van der Waals surface area (Å²) in [7, 11) is 0. The fourth-order valence-corrected chi connectivity index (χ4v) is 1.06. The molecule has 76 valence electrons. The lowest BCUT2D eigenvalue weighted by atomic mass is 10.1. The first-order valence-electron chi connectivity index (χ1n) is 4.38. The van der Waals surface area contributed by atoms with Gasteiger partial charge >= 0.3 is 5.97 Å². The van der Waals surface area contributed by atoms with Crippen molar-refractivity contribution in [3.63, 3.8) is 0 Å². The van der Waals surface area contributed by atoms with Gasteiger partial charge in [-0.1, -0.05) is 6.92 Å². The third-order valence-electron chi connectivity index (χ3n) is 1.86. The second kappa shape index (κ2) is 4.55. The predicted octanol–water partition coefficient (Wildman–Crippen LogP) is 1.78. The average molecular weight is 197 g/mol. The molecule has 0 N–H and O–H groups in total. The second-order valence-corrected chi connectivity index (χ2v) is 2.88. The highest BCUT2D eigenvalue weighted by Crippen LogP contribution is 2.19. The zero-order valence-electron chi connectivity index (χ0n) is 7.86. The van der Waals surface area contributed by atoms with Crippen LogP contribution in [0.2, 0.25) is 0 Å². The molecule has 0 bridgehead atoms. The molecule has 1 aliphatic carbocycles. The van der Waals surface area contributed by atoms with Gasteiger partial charge in [-0.3, -0.25) is 14.9 Å². The fourth-order valence-electron chi connectivity index (χ4n) is 1.06. The Hall–Kier alpha value is -1.65. The van der Waals surface area contributed by atoms with Crippen LogP contribution in [0.1, 0.15) is 26.2 Å². The van der Waals surface area contributed by atoms with E-state index in [1.165, 1.54) is 12.2 Å². The summed E-state index contributed by atoms with van der Waals surface area (Å²) >= 11 is 0. The predicted molar refractivity (Wildman–Crippen MR) is 48.8 cm³/mol. The SMILES string of the molecule is CCC(=O)OC1=CC=C([N+](=O)[O-])CC1. The summed E-state index contributed by atoms with van der Waals surface area (Å²) in [5, 5.41) is 10.3. The normalized spacial score (nSPS) is 15.5. The number of allylic oxidation sites excluding steroid dienone is 4. The molecular weight excluding hydrogens is 186 g/mol. The van der Waals surface area contributed by atoms with Crippen molar-refractivity contribution in [3.8, 4) is 0 Å². The van der Waals surface area contributed by atoms with Gasteiger partial charge in [0, 0.05) is 25.3 Å². The largest absolute Gasteiger partial charge is 0.431 e. The Morgan fingerprint density at radius 2 is 2.29 bits per heavy atom. The van der Waals surface area contributed by atoms with Crippen LogP contribution in [0.25, 0.3) is 0 Å². The molecule has 0 atom stereocenters. The maximum absolute atomic E-state index is 10.9. The molecular formula is C9H11NO4. The summed E-state index contributed by atoms with van der Waals surface area (Å²) in [5.74, 6) is 0.191. The van der Waals surface area contributed by atoms with Gasteiger partial charge in [0.1, 0.15) is 5.76 Å². The van der Waals surface area contributed by atoms with Crippen molar-refractivity contribution >= 4 is 5.97 Å². The Morgan fingerprint density at radius 1 is 1.57 bits per heavy atom. The van der Waals surface area contributed by atoms with Crippen LogP contribution in [0.5, 0.6) is 0 Å². The van der Waals surface area contributed by atoms with Crippen LogP contribution in [0.3, 0.4) is 0 Å². The van der Waals surface area contributed by atoms with E-state index >= 15 is 0 Å². The molecule has 0 saturated heterocycles. The molecule has 0 fully saturated rings. The number of nitro groups is 1. The van der Waals surface area contributed by atoms with Crippen molar-refractivity contribution in [1.29, 1.82) is 0 Å². The molecule has 0 unspecified atom stereocenters. The Labute approximate surface area is 81.2 Å². The van der Waals surface area contributed by atoms with Crippen LogP contribution < -0.4 is 0 Å². The molecule has 0 aromatic heterocycles. The molecule has 14 heavy (non-hydrogen) atoms. The Balaban J connectivity index is 2.60. The fraction of sp³-hybridized carbons (Fsp3) is 0.444. The minimum atomic E-state index is -0.422. The first kappa shape index (κ1) is 10.4. The van der Waals surface area contributed by atoms with Crippen LogP contribution in [-0.2, 0) is 9.53 Å². The summed E-state index contributed by atoms with van der Waals surface area (Å²) in [6.07, 6.45) is 3.90. The van der Waals surface area contributed by atoms with Gasteiger partial charge < -0.3 is 4.74 Å². The van der Waals surface area contributed by atoms with Crippen LogP contribution in [0, 0.1) is 10.1 Å². The van der Waals surface area contributed by atoms with Gasteiger partial charge in [-0.2, -0.15) is 0 Å². The van der Waals surface area contributed by atoms with Crippen LogP contribution in [-0.4, -0.2) is 10.9 Å². The van der Waals surface area contributed by atoms with Crippen LogP contribution >= 0.6 is 0 Å². The van der Waals surface area contributed by atoms with Gasteiger partial charge in [-0.25, -0.2) is 0 Å². The number of carbonyl (C=O) groups excluding carboxylic acids is 1. The number of esters is 1. The van der Waals surface area contributed by atoms with Crippen molar-refractivity contribution < 1.29 is 14.5 Å². The molecule has 0 aromatic rings. The zero-order chi connectivity index (χ0) is 10.6. The van der Waals surface area contributed by atoms with Gasteiger partial charge in [0.15, 0.2) is 0 Å². The van der Waals surface area contributed by atoms with Crippen molar-refractivity contribution in [2.75, 3.05) is 0 Å². The molecule has 0 amide bonds. The van der Waals surface area contributed by atoms with E-state index in [4.69, 9.17) is 4.74 Å². The van der Waals surface area contributed by atoms with Gasteiger partial charge in [0.05, 0.1) is 4.92 Å². The molecule has 1 aliphatic rings. The summed E-state index contributed by atoms with van der Waals surface area (Å²) in [5.41, 5.74) is 0.154. The van der Waals surface area contributed by atoms with E-state index in [0.717, 1.165) is 0 Å². The van der Waals surface area contributed by atoms with Crippen LogP contribution in [0.4, 0.5) is 0 Å². The van der Waals surface area contributed by atoms with E-state index in [-0.39, 0.29) is 11.7 Å². The molecule has 0 aliphatic heterocycles. The van der Waals surface area contributed by atoms with Crippen molar-refractivity contribution in [1.82, 2.24) is 0 Å². The van der Waals surface area contributed by atoms with Crippen molar-refractivity contribution in [2.24, 2.45) is 0 Å². The van der Waals surface area contributed by atoms with Gasteiger partial charge in [-0.05, 0) is 6.08 Å². The summed E-state index contributed by atoms with van der Waals surface area (Å²) in [6, 6.07) is 0. The number of rotatable bonds is 3. The zero-order valence-corrected chi connectivity index (χ0v) is 7.86. The van der Waals surface area contributed by atoms with Crippen molar-refractivity contribution in [3.05, 3.63) is 33.7 Å². The van der Waals surface area contributed by atoms with Gasteiger partial charge in [-0.15, -0.1) is 0 Å². The lowest BCUT2D eigenvalue weighted by Crippen LogP contribution is -2.07. The van der Waals surface area contributed by atoms with Crippen LogP contribution in [0.15, 0.2) is 23.6 Å². The number of hydrogen-bond acceptors (Lipinski definition) is 4. The first-order chi connectivity index (χ1) is 6.63. The molecule has 0 saturated carbocycles. The third kappa shape index (κ3) is 2.69. The smallest absolute Gasteiger partial charge is 0.310 e. The lowest BCUT2D eigenvalue weighted by Gasteiger charge is -2.09.